The zero-order valence-electron chi connectivity index (χ0n) is 14.2. The summed E-state index contributed by atoms with van der Waals surface area (Å²) in [5.41, 5.74) is 2.66. The lowest BCUT2D eigenvalue weighted by Gasteiger charge is -2.17. The summed E-state index contributed by atoms with van der Waals surface area (Å²) in [6.45, 7) is 1.18. The van der Waals surface area contributed by atoms with Crippen LogP contribution in [0.15, 0.2) is 54.6 Å². The zero-order chi connectivity index (χ0) is 17.9. The Labute approximate surface area is 150 Å². The standard InChI is InChI=1S/C19H19N5O2/c25-18(13-24-17-9-5-4-8-16(17)21-22-24)20-15-10-19(26)23(12-15)11-14-6-2-1-3-7-14/h1-9,15H,10-13H2,(H,20,25). The van der Waals surface area contributed by atoms with Gasteiger partial charge < -0.3 is 10.2 Å². The fourth-order valence-electron chi connectivity index (χ4n) is 3.27. The number of hydrogen-bond acceptors (Lipinski definition) is 4. The highest BCUT2D eigenvalue weighted by Crippen LogP contribution is 2.15. The van der Waals surface area contributed by atoms with Gasteiger partial charge >= 0.3 is 0 Å². The molecule has 2 heterocycles. The molecule has 26 heavy (non-hydrogen) atoms. The molecule has 1 aromatic heterocycles. The number of nitrogens with zero attached hydrogens (tertiary/aromatic N) is 4. The zero-order valence-corrected chi connectivity index (χ0v) is 14.2. The van der Waals surface area contributed by atoms with E-state index in [0.717, 1.165) is 16.6 Å². The van der Waals surface area contributed by atoms with Gasteiger partial charge in [-0.25, -0.2) is 4.68 Å². The topological polar surface area (TPSA) is 80.1 Å². The van der Waals surface area contributed by atoms with Crippen molar-refractivity contribution in [3.63, 3.8) is 0 Å². The second-order valence-electron chi connectivity index (χ2n) is 6.46. The summed E-state index contributed by atoms with van der Waals surface area (Å²) in [4.78, 5) is 26.3. The third-order valence-corrected chi connectivity index (χ3v) is 4.51. The van der Waals surface area contributed by atoms with Crippen molar-refractivity contribution in [1.82, 2.24) is 25.2 Å². The molecule has 0 spiro atoms. The SMILES string of the molecule is O=C(Cn1nnc2ccccc21)NC1CC(=O)N(Cc2ccccc2)C1. The molecule has 1 N–H and O–H groups in total. The van der Waals surface area contributed by atoms with Crippen LogP contribution in [-0.4, -0.2) is 44.3 Å². The molecule has 1 aliphatic heterocycles. The smallest absolute Gasteiger partial charge is 0.242 e. The first-order valence-electron chi connectivity index (χ1n) is 8.58. The summed E-state index contributed by atoms with van der Waals surface area (Å²) in [5, 5.41) is 11.0. The van der Waals surface area contributed by atoms with Gasteiger partial charge in [0.25, 0.3) is 0 Å². The Morgan fingerprint density at radius 2 is 1.88 bits per heavy atom. The van der Waals surface area contributed by atoms with E-state index in [1.807, 2.05) is 54.6 Å². The summed E-state index contributed by atoms with van der Waals surface area (Å²) in [7, 11) is 0. The largest absolute Gasteiger partial charge is 0.349 e. The maximum Gasteiger partial charge on any atom is 0.242 e. The van der Waals surface area contributed by atoms with Gasteiger partial charge in [0.2, 0.25) is 11.8 Å². The van der Waals surface area contributed by atoms with Gasteiger partial charge in [0.1, 0.15) is 12.1 Å². The molecule has 4 rings (SSSR count). The second-order valence-corrected chi connectivity index (χ2v) is 6.46. The molecule has 3 aromatic rings. The average Bonchev–Trinajstić information content (AvgIpc) is 3.20. The molecule has 1 atom stereocenters. The first-order chi connectivity index (χ1) is 12.7. The molecule has 0 saturated carbocycles. The Bertz CT molecular complexity index is 937. The van der Waals surface area contributed by atoms with Gasteiger partial charge in [0.05, 0.1) is 11.6 Å². The number of para-hydroxylation sites is 1. The summed E-state index contributed by atoms with van der Waals surface area (Å²) in [6.07, 6.45) is 0.330. The number of nitrogens with one attached hydrogen (secondary N) is 1. The van der Waals surface area contributed by atoms with Gasteiger partial charge in [0, 0.05) is 19.5 Å². The van der Waals surface area contributed by atoms with Gasteiger partial charge in [-0.3, -0.25) is 9.59 Å². The molecule has 0 aliphatic carbocycles. The van der Waals surface area contributed by atoms with Crippen LogP contribution in [0.1, 0.15) is 12.0 Å². The highest BCUT2D eigenvalue weighted by Gasteiger charge is 2.30. The number of carbonyl (C=O) groups excluding carboxylic acids is 2. The summed E-state index contributed by atoms with van der Waals surface area (Å²) in [6, 6.07) is 17.2. The van der Waals surface area contributed by atoms with E-state index in [4.69, 9.17) is 0 Å². The van der Waals surface area contributed by atoms with Crippen molar-refractivity contribution < 1.29 is 9.59 Å². The fourth-order valence-corrected chi connectivity index (χ4v) is 3.27. The van der Waals surface area contributed by atoms with E-state index in [1.54, 1.807) is 9.58 Å². The number of carbonyl (C=O) groups is 2. The molecule has 0 radical (unpaired) electrons. The Kier molecular flexibility index (Phi) is 4.35. The lowest BCUT2D eigenvalue weighted by molar-refractivity contribution is -0.128. The molecule has 1 aliphatic rings. The van der Waals surface area contributed by atoms with Crippen LogP contribution in [0.4, 0.5) is 0 Å². The Balaban J connectivity index is 1.35. The van der Waals surface area contributed by atoms with E-state index in [2.05, 4.69) is 15.6 Å². The molecule has 1 saturated heterocycles. The number of aromatic nitrogens is 3. The van der Waals surface area contributed by atoms with Gasteiger partial charge in [-0.2, -0.15) is 0 Å². The van der Waals surface area contributed by atoms with E-state index in [1.165, 1.54) is 0 Å². The van der Waals surface area contributed by atoms with Crippen LogP contribution in [0.3, 0.4) is 0 Å². The fraction of sp³-hybridized carbons (Fsp3) is 0.263. The molecule has 2 amide bonds. The number of benzene rings is 2. The minimum absolute atomic E-state index is 0.0605. The van der Waals surface area contributed by atoms with E-state index in [9.17, 15) is 9.59 Å². The molecule has 1 fully saturated rings. The third kappa shape index (κ3) is 3.42. The highest BCUT2D eigenvalue weighted by atomic mass is 16.2. The van der Waals surface area contributed by atoms with Crippen LogP contribution in [0.5, 0.6) is 0 Å². The maximum absolute atomic E-state index is 12.4. The van der Waals surface area contributed by atoms with Gasteiger partial charge in [-0.15, -0.1) is 5.10 Å². The molecule has 132 valence electrons. The molecule has 1 unspecified atom stereocenters. The van der Waals surface area contributed by atoms with E-state index < -0.39 is 0 Å². The Hall–Kier alpha value is -3.22. The first-order valence-corrected chi connectivity index (χ1v) is 8.58. The van der Waals surface area contributed by atoms with Crippen LogP contribution in [0.25, 0.3) is 11.0 Å². The summed E-state index contributed by atoms with van der Waals surface area (Å²) >= 11 is 0. The van der Waals surface area contributed by atoms with Crippen LogP contribution >= 0.6 is 0 Å². The predicted octanol–water partition coefficient (Wildman–Crippen LogP) is 1.35. The van der Waals surface area contributed by atoms with Gasteiger partial charge in [0.15, 0.2) is 0 Å². The highest BCUT2D eigenvalue weighted by molar-refractivity contribution is 5.83. The summed E-state index contributed by atoms with van der Waals surface area (Å²) < 4.78 is 1.57. The third-order valence-electron chi connectivity index (χ3n) is 4.51. The van der Waals surface area contributed by atoms with E-state index in [0.29, 0.717) is 19.5 Å². The van der Waals surface area contributed by atoms with Crippen molar-refractivity contribution in [3.05, 3.63) is 60.2 Å². The average molecular weight is 349 g/mol. The van der Waals surface area contributed by atoms with Crippen molar-refractivity contribution in [2.75, 3.05) is 6.54 Å². The Morgan fingerprint density at radius 1 is 1.12 bits per heavy atom. The minimum Gasteiger partial charge on any atom is -0.349 e. The van der Waals surface area contributed by atoms with E-state index in [-0.39, 0.29) is 24.4 Å². The monoisotopic (exact) mass is 349 g/mol. The Morgan fingerprint density at radius 3 is 2.73 bits per heavy atom. The number of amides is 2. The number of rotatable bonds is 5. The molecule has 7 nitrogen and oxygen atoms in total. The minimum atomic E-state index is -0.173. The normalized spacial score (nSPS) is 17.0. The van der Waals surface area contributed by atoms with Crippen LogP contribution in [0.2, 0.25) is 0 Å². The second kappa shape index (κ2) is 6.95. The molecule has 7 heteroatoms. The van der Waals surface area contributed by atoms with Crippen molar-refractivity contribution in [1.29, 1.82) is 0 Å². The van der Waals surface area contributed by atoms with Gasteiger partial charge in [-0.05, 0) is 17.7 Å². The quantitative estimate of drug-likeness (QED) is 0.754. The summed E-state index contributed by atoms with van der Waals surface area (Å²) in [5.74, 6) is -0.106. The van der Waals surface area contributed by atoms with Crippen LogP contribution in [0, 0.1) is 0 Å². The number of hydrogen-bond donors (Lipinski definition) is 1. The lowest BCUT2D eigenvalue weighted by Crippen LogP contribution is -2.39. The number of fused-ring (bicyclic) bond motifs is 1. The van der Waals surface area contributed by atoms with Crippen molar-refractivity contribution in [2.24, 2.45) is 0 Å². The van der Waals surface area contributed by atoms with Crippen LogP contribution < -0.4 is 5.32 Å². The van der Waals surface area contributed by atoms with Crippen LogP contribution in [-0.2, 0) is 22.7 Å². The first kappa shape index (κ1) is 16.3. The van der Waals surface area contributed by atoms with Crippen molar-refractivity contribution >= 4 is 22.8 Å². The lowest BCUT2D eigenvalue weighted by atomic mass is 10.2. The predicted molar refractivity (Wildman–Crippen MR) is 95.9 cm³/mol. The van der Waals surface area contributed by atoms with E-state index >= 15 is 0 Å². The molecule has 0 bridgehead atoms. The number of likely N-dealkylation sites (tertiary alicyclic amines) is 1. The van der Waals surface area contributed by atoms with Gasteiger partial charge in [-0.1, -0.05) is 47.7 Å². The van der Waals surface area contributed by atoms with Crippen molar-refractivity contribution in [3.8, 4) is 0 Å². The molecular formula is C19H19N5O2. The van der Waals surface area contributed by atoms with Crippen molar-refractivity contribution in [2.45, 2.75) is 25.6 Å². The molecule has 2 aromatic carbocycles. The maximum atomic E-state index is 12.4. The molecular weight excluding hydrogens is 330 g/mol.